The molecule has 0 saturated carbocycles. The zero-order valence-electron chi connectivity index (χ0n) is 46.2. The number of phosphoric acid groups is 1. The number of allylic oxidation sites excluding steroid dienone is 14. The maximum atomic E-state index is 12.8. The highest BCUT2D eigenvalue weighted by molar-refractivity contribution is 7.45. The summed E-state index contributed by atoms with van der Waals surface area (Å²) in [7, 11) is 1.33. The van der Waals surface area contributed by atoms with E-state index in [1.165, 1.54) is 135 Å². The van der Waals surface area contributed by atoms with E-state index < -0.39 is 13.9 Å². The molecule has 0 aliphatic carbocycles. The van der Waals surface area contributed by atoms with Crippen molar-refractivity contribution < 1.29 is 37.3 Å². The minimum Gasteiger partial charge on any atom is -0.756 e. The molecule has 0 rings (SSSR count). The number of rotatable bonds is 53. The molecule has 0 fully saturated rings. The van der Waals surface area contributed by atoms with Crippen molar-refractivity contribution in [2.24, 2.45) is 0 Å². The Balaban J connectivity index is 4.16. The summed E-state index contributed by atoms with van der Waals surface area (Å²) in [6, 6.07) is 0. The third kappa shape index (κ3) is 56.6. The van der Waals surface area contributed by atoms with Gasteiger partial charge in [0.25, 0.3) is 7.82 Å². The average Bonchev–Trinajstić information content (AvgIpc) is 3.32. The Morgan fingerprint density at radius 2 is 0.829 bits per heavy atom. The number of hydrogen-bond acceptors (Lipinski definition) is 7. The van der Waals surface area contributed by atoms with Gasteiger partial charge in [0, 0.05) is 13.0 Å². The van der Waals surface area contributed by atoms with Gasteiger partial charge in [-0.25, -0.2) is 0 Å². The molecule has 0 heterocycles. The maximum Gasteiger partial charge on any atom is 0.306 e. The molecule has 406 valence electrons. The average molecular weight is 1000 g/mol. The van der Waals surface area contributed by atoms with E-state index in [2.05, 4.69) is 98.9 Å². The van der Waals surface area contributed by atoms with E-state index in [1.807, 2.05) is 21.1 Å². The van der Waals surface area contributed by atoms with Crippen molar-refractivity contribution in [1.82, 2.24) is 0 Å². The molecule has 0 radical (unpaired) electrons. The van der Waals surface area contributed by atoms with Crippen molar-refractivity contribution in [3.05, 3.63) is 85.1 Å². The van der Waals surface area contributed by atoms with E-state index in [1.54, 1.807) is 0 Å². The highest BCUT2D eigenvalue weighted by Gasteiger charge is 2.20. The van der Waals surface area contributed by atoms with Crippen LogP contribution in [0.5, 0.6) is 0 Å². The standard InChI is InChI=1S/C61H110NO7P/c1-6-8-10-12-14-16-18-20-22-24-26-28-30-31-32-34-36-38-40-42-44-46-48-50-52-54-61(63)69-60(59-68-70(64,65)67-57-55-62(3,4)5)58-66-56-53-51-49-47-45-43-41-39-37-35-33-29-27-25-23-21-19-17-15-13-11-9-7-2/h8,10,14,16,20,22,26,28,31-32,36,38,42,44,60H,6-7,9,11-13,15,17-19,21,23-25,27,29-30,33-35,37,39-41,43,45-59H2,1-5H3/b10-8-,16-14-,22-20-,28-26-,32-31-,38-36-,44-42-. The summed E-state index contributed by atoms with van der Waals surface area (Å²) in [4.78, 5) is 25.3. The van der Waals surface area contributed by atoms with E-state index in [4.69, 9.17) is 18.5 Å². The molecule has 0 N–H and O–H groups in total. The number of likely N-dealkylation sites (N-methyl/N-ethyl adjacent to an activating group) is 1. The smallest absolute Gasteiger partial charge is 0.306 e. The highest BCUT2D eigenvalue weighted by Crippen LogP contribution is 2.38. The van der Waals surface area contributed by atoms with Gasteiger partial charge in [0.1, 0.15) is 19.3 Å². The fraction of sp³-hybridized carbons (Fsp3) is 0.754. The van der Waals surface area contributed by atoms with Crippen LogP contribution in [-0.4, -0.2) is 70.7 Å². The molecule has 2 atom stereocenters. The summed E-state index contributed by atoms with van der Waals surface area (Å²) in [6.45, 7) is 5.28. The third-order valence-electron chi connectivity index (χ3n) is 12.2. The quantitative estimate of drug-likeness (QED) is 0.0197. The van der Waals surface area contributed by atoms with Crippen molar-refractivity contribution in [2.45, 2.75) is 245 Å². The van der Waals surface area contributed by atoms with E-state index >= 15 is 0 Å². The molecule has 70 heavy (non-hydrogen) atoms. The fourth-order valence-corrected chi connectivity index (χ4v) is 8.55. The van der Waals surface area contributed by atoms with Crippen LogP contribution in [0.3, 0.4) is 0 Å². The van der Waals surface area contributed by atoms with Crippen LogP contribution in [-0.2, 0) is 27.9 Å². The Labute approximate surface area is 433 Å². The first-order valence-electron chi connectivity index (χ1n) is 28.8. The second-order valence-electron chi connectivity index (χ2n) is 20.3. The van der Waals surface area contributed by atoms with Gasteiger partial charge in [-0.2, -0.15) is 0 Å². The number of quaternary nitrogens is 1. The Morgan fingerprint density at radius 1 is 0.457 bits per heavy atom. The second kappa shape index (κ2) is 53.0. The monoisotopic (exact) mass is 1000 g/mol. The zero-order valence-corrected chi connectivity index (χ0v) is 47.1. The first-order chi connectivity index (χ1) is 34.1. The number of phosphoric ester groups is 1. The van der Waals surface area contributed by atoms with E-state index in [-0.39, 0.29) is 32.2 Å². The van der Waals surface area contributed by atoms with Crippen molar-refractivity contribution in [2.75, 3.05) is 54.1 Å². The van der Waals surface area contributed by atoms with E-state index in [0.29, 0.717) is 24.1 Å². The molecule has 0 aliphatic heterocycles. The first-order valence-corrected chi connectivity index (χ1v) is 30.3. The lowest BCUT2D eigenvalue weighted by Gasteiger charge is -2.28. The summed E-state index contributed by atoms with van der Waals surface area (Å²) in [5, 5.41) is 0. The van der Waals surface area contributed by atoms with Gasteiger partial charge in [0.05, 0.1) is 34.4 Å². The van der Waals surface area contributed by atoms with E-state index in [0.717, 1.165) is 77.0 Å². The number of hydrogen-bond donors (Lipinski definition) is 0. The van der Waals surface area contributed by atoms with Crippen LogP contribution >= 0.6 is 7.82 Å². The lowest BCUT2D eigenvalue weighted by Crippen LogP contribution is -2.37. The summed E-state index contributed by atoms with van der Waals surface area (Å²) in [6.07, 6.45) is 72.0. The van der Waals surface area contributed by atoms with Gasteiger partial charge in [-0.05, 0) is 70.6 Å². The van der Waals surface area contributed by atoms with Crippen LogP contribution in [0.4, 0.5) is 0 Å². The number of carbonyl (C=O) groups excluding carboxylic acids is 1. The third-order valence-corrected chi connectivity index (χ3v) is 13.2. The Hall–Kier alpha value is -2.32. The lowest BCUT2D eigenvalue weighted by atomic mass is 10.0. The predicted octanol–water partition coefficient (Wildman–Crippen LogP) is 17.7. The van der Waals surface area contributed by atoms with Crippen LogP contribution in [0.25, 0.3) is 0 Å². The molecule has 0 aliphatic rings. The molecular formula is C61H110NO7P. The molecule has 0 aromatic rings. The fourth-order valence-electron chi connectivity index (χ4n) is 7.82. The van der Waals surface area contributed by atoms with Crippen LogP contribution < -0.4 is 4.89 Å². The van der Waals surface area contributed by atoms with Crippen LogP contribution in [0.2, 0.25) is 0 Å². The van der Waals surface area contributed by atoms with Crippen LogP contribution in [0.1, 0.15) is 239 Å². The largest absolute Gasteiger partial charge is 0.756 e. The zero-order chi connectivity index (χ0) is 51.2. The Bertz CT molecular complexity index is 1390. The minimum absolute atomic E-state index is 0.0163. The topological polar surface area (TPSA) is 94.1 Å². The molecule has 9 heteroatoms. The number of ether oxygens (including phenoxy) is 2. The number of unbranched alkanes of at least 4 members (excludes halogenated alkanes) is 25. The molecule has 0 bridgehead atoms. The lowest BCUT2D eigenvalue weighted by molar-refractivity contribution is -0.870. The SMILES string of the molecule is CC/C=C\C/C=C\C/C=C\C/C=C\C/C=C\C/C=C\C/C=C\CCCCCC(=O)OC(COCCCCCCCCCCCCCCCCCCCCCCCCC)COP(=O)([O-])OCC[N+](C)(C)C. The van der Waals surface area contributed by atoms with Gasteiger partial charge in [0.2, 0.25) is 0 Å². The molecule has 0 aromatic heterocycles. The van der Waals surface area contributed by atoms with Crippen molar-refractivity contribution in [3.8, 4) is 0 Å². The maximum absolute atomic E-state index is 12.8. The van der Waals surface area contributed by atoms with Crippen molar-refractivity contribution in [3.63, 3.8) is 0 Å². The van der Waals surface area contributed by atoms with E-state index in [9.17, 15) is 14.3 Å². The van der Waals surface area contributed by atoms with Crippen LogP contribution in [0, 0.1) is 0 Å². The molecule has 0 spiro atoms. The molecule has 0 saturated heterocycles. The predicted molar refractivity (Wildman–Crippen MR) is 300 cm³/mol. The van der Waals surface area contributed by atoms with Crippen LogP contribution in [0.15, 0.2) is 85.1 Å². The van der Waals surface area contributed by atoms with Gasteiger partial charge in [0.15, 0.2) is 0 Å². The Kier molecular flexibility index (Phi) is 51.2. The van der Waals surface area contributed by atoms with Crippen molar-refractivity contribution in [1.29, 1.82) is 0 Å². The first kappa shape index (κ1) is 67.7. The minimum atomic E-state index is -4.55. The normalized spacial score (nSPS) is 14.1. The molecular weight excluding hydrogens is 890 g/mol. The summed E-state index contributed by atoms with van der Waals surface area (Å²) >= 11 is 0. The van der Waals surface area contributed by atoms with Gasteiger partial charge in [-0.1, -0.05) is 247 Å². The Morgan fingerprint density at radius 3 is 1.23 bits per heavy atom. The van der Waals surface area contributed by atoms with Gasteiger partial charge >= 0.3 is 5.97 Å². The van der Waals surface area contributed by atoms with Crippen molar-refractivity contribution >= 4 is 13.8 Å². The molecule has 8 nitrogen and oxygen atoms in total. The molecule has 2 unspecified atom stereocenters. The molecule has 0 aromatic carbocycles. The summed E-state index contributed by atoms with van der Waals surface area (Å²) in [5.41, 5.74) is 0. The highest BCUT2D eigenvalue weighted by atomic mass is 31.2. The number of carbonyl (C=O) groups is 1. The summed E-state index contributed by atoms with van der Waals surface area (Å²) < 4.78 is 34.8. The van der Waals surface area contributed by atoms with Gasteiger partial charge in [-0.15, -0.1) is 0 Å². The molecule has 0 amide bonds. The number of nitrogens with zero attached hydrogens (tertiary/aromatic N) is 1. The summed E-state index contributed by atoms with van der Waals surface area (Å²) in [5.74, 6) is -0.364. The van der Waals surface area contributed by atoms with Gasteiger partial charge in [-0.3, -0.25) is 9.36 Å². The number of esters is 1. The second-order valence-corrected chi connectivity index (χ2v) is 21.7. The van der Waals surface area contributed by atoms with Gasteiger partial charge < -0.3 is 27.9 Å².